The molecule has 0 spiro atoms. The molecule has 1 heterocycles. The molecule has 2 aliphatic carbocycles. The third-order valence-electron chi connectivity index (χ3n) is 5.61. The van der Waals surface area contributed by atoms with Gasteiger partial charge in [0.15, 0.2) is 5.60 Å². The number of hydrogen-bond donors (Lipinski definition) is 3. The highest BCUT2D eigenvalue weighted by Crippen LogP contribution is 2.33. The number of pyridine rings is 1. The minimum atomic E-state index is -2.14. The summed E-state index contributed by atoms with van der Waals surface area (Å²) in [7, 11) is 0. The first kappa shape index (κ1) is 21.0. The number of rotatable bonds is 14. The number of carboxylic acid groups (broad SMARTS) is 1. The van der Waals surface area contributed by atoms with Crippen molar-refractivity contribution in [3.8, 4) is 5.75 Å². The van der Waals surface area contributed by atoms with Crippen molar-refractivity contribution in [2.75, 3.05) is 19.8 Å². The largest absolute Gasteiger partial charge is 0.493 e. The van der Waals surface area contributed by atoms with Gasteiger partial charge in [-0.25, -0.2) is 4.79 Å². The van der Waals surface area contributed by atoms with Gasteiger partial charge in [-0.15, -0.1) is 0 Å². The van der Waals surface area contributed by atoms with Gasteiger partial charge in [0.05, 0.1) is 19.3 Å². The van der Waals surface area contributed by atoms with E-state index < -0.39 is 17.6 Å². The molecule has 1 aromatic heterocycles. The third kappa shape index (κ3) is 6.43. The number of carbonyl (C=O) groups is 1. The number of aliphatic carboxylic acids is 1. The van der Waals surface area contributed by atoms with E-state index in [1.807, 2.05) is 0 Å². The maximum absolute atomic E-state index is 11.7. The Kier molecular flexibility index (Phi) is 7.26. The highest BCUT2D eigenvalue weighted by molar-refractivity contribution is 5.78. The molecule has 2 saturated carbocycles. The van der Waals surface area contributed by atoms with E-state index in [1.54, 1.807) is 18.3 Å². The molecule has 4 N–H and O–H groups in total. The van der Waals surface area contributed by atoms with Crippen LogP contribution in [-0.2, 0) is 16.0 Å². The van der Waals surface area contributed by atoms with Crippen molar-refractivity contribution in [3.63, 3.8) is 0 Å². The summed E-state index contributed by atoms with van der Waals surface area (Å²) in [5, 5.41) is 20.3. The molecule has 0 amide bonds. The molecule has 1 aromatic rings. The number of aliphatic hydroxyl groups is 1. The van der Waals surface area contributed by atoms with Crippen LogP contribution in [-0.4, -0.2) is 52.6 Å². The van der Waals surface area contributed by atoms with E-state index >= 15 is 0 Å². The molecule has 0 saturated heterocycles. The molecule has 7 heteroatoms. The molecule has 2 unspecified atom stereocenters. The molecule has 3 rings (SSSR count). The Balaban J connectivity index is 1.50. The van der Waals surface area contributed by atoms with Crippen LogP contribution in [0, 0.1) is 11.8 Å². The molecule has 2 atom stereocenters. The fourth-order valence-electron chi connectivity index (χ4n) is 3.26. The monoisotopic (exact) mass is 392 g/mol. The Morgan fingerprint density at radius 1 is 1.25 bits per heavy atom. The number of hydrogen-bond acceptors (Lipinski definition) is 6. The quantitative estimate of drug-likeness (QED) is 0.416. The second-order valence-electron chi connectivity index (χ2n) is 8.24. The number of aromatic nitrogens is 1. The first-order valence-corrected chi connectivity index (χ1v) is 10.3. The lowest BCUT2D eigenvalue weighted by Gasteiger charge is -2.29. The van der Waals surface area contributed by atoms with Gasteiger partial charge >= 0.3 is 5.97 Å². The van der Waals surface area contributed by atoms with E-state index in [4.69, 9.17) is 15.2 Å². The highest BCUT2D eigenvalue weighted by atomic mass is 16.5. The van der Waals surface area contributed by atoms with Crippen LogP contribution in [0.1, 0.15) is 50.6 Å². The standard InChI is InChI=1S/C21H32N2O5/c22-19(14-27-10-1-2-15-3-4-15)21(26,20(24)25)13-17-12-18(7-9-23-17)28-11-8-16-5-6-16/h7,9,12,15-16,19,26H,1-6,8,10-11,13-14,22H2,(H,24,25). The molecular weight excluding hydrogens is 360 g/mol. The van der Waals surface area contributed by atoms with E-state index in [1.165, 1.54) is 25.7 Å². The van der Waals surface area contributed by atoms with E-state index in [9.17, 15) is 15.0 Å². The fraction of sp³-hybridized carbons (Fsp3) is 0.714. The molecule has 156 valence electrons. The van der Waals surface area contributed by atoms with Gasteiger partial charge in [0.1, 0.15) is 5.75 Å². The summed E-state index contributed by atoms with van der Waals surface area (Å²) in [6.45, 7) is 1.15. The third-order valence-corrected chi connectivity index (χ3v) is 5.61. The van der Waals surface area contributed by atoms with Crippen LogP contribution in [0.15, 0.2) is 18.3 Å². The zero-order valence-corrected chi connectivity index (χ0v) is 16.4. The van der Waals surface area contributed by atoms with Crippen LogP contribution in [0.4, 0.5) is 0 Å². The maximum Gasteiger partial charge on any atom is 0.337 e. The molecule has 28 heavy (non-hydrogen) atoms. The predicted molar refractivity (Wildman–Crippen MR) is 104 cm³/mol. The molecule has 0 aliphatic heterocycles. The van der Waals surface area contributed by atoms with Crippen molar-refractivity contribution >= 4 is 5.97 Å². The van der Waals surface area contributed by atoms with Crippen LogP contribution >= 0.6 is 0 Å². The molecule has 0 bridgehead atoms. The van der Waals surface area contributed by atoms with Gasteiger partial charge in [-0.05, 0) is 37.2 Å². The summed E-state index contributed by atoms with van der Waals surface area (Å²) < 4.78 is 11.2. The Morgan fingerprint density at radius 2 is 1.96 bits per heavy atom. The van der Waals surface area contributed by atoms with Gasteiger partial charge in [0, 0.05) is 31.0 Å². The van der Waals surface area contributed by atoms with Gasteiger partial charge in [0.2, 0.25) is 0 Å². The van der Waals surface area contributed by atoms with Crippen molar-refractivity contribution in [1.82, 2.24) is 4.98 Å². The maximum atomic E-state index is 11.7. The Hall–Kier alpha value is -1.70. The van der Waals surface area contributed by atoms with Crippen LogP contribution in [0.2, 0.25) is 0 Å². The minimum absolute atomic E-state index is 0.00888. The summed E-state index contributed by atoms with van der Waals surface area (Å²) in [5.74, 6) is 0.866. The summed E-state index contributed by atoms with van der Waals surface area (Å²) in [6, 6.07) is 2.36. The minimum Gasteiger partial charge on any atom is -0.493 e. The van der Waals surface area contributed by atoms with Crippen LogP contribution in [0.3, 0.4) is 0 Å². The SMILES string of the molecule is NC(COCCCC1CC1)C(O)(Cc1cc(OCCC2CC2)ccn1)C(=O)O. The van der Waals surface area contributed by atoms with E-state index in [2.05, 4.69) is 4.98 Å². The number of carboxylic acids is 1. The van der Waals surface area contributed by atoms with Gasteiger partial charge in [-0.2, -0.15) is 0 Å². The van der Waals surface area contributed by atoms with Crippen LogP contribution < -0.4 is 10.5 Å². The van der Waals surface area contributed by atoms with Crippen molar-refractivity contribution < 1.29 is 24.5 Å². The normalized spacial score (nSPS) is 19.8. The second kappa shape index (κ2) is 9.67. The predicted octanol–water partition coefficient (Wildman–Crippen LogP) is 2.15. The fourth-order valence-corrected chi connectivity index (χ4v) is 3.26. The second-order valence-corrected chi connectivity index (χ2v) is 8.24. The molecule has 2 aliphatic rings. The number of nitrogens with zero attached hydrogens (tertiary/aromatic N) is 1. The van der Waals surface area contributed by atoms with Gasteiger partial charge in [-0.1, -0.05) is 25.7 Å². The molecular formula is C21H32N2O5. The molecule has 0 radical (unpaired) electrons. The lowest BCUT2D eigenvalue weighted by atomic mass is 9.89. The highest BCUT2D eigenvalue weighted by Gasteiger charge is 2.43. The first-order valence-electron chi connectivity index (χ1n) is 10.3. The molecule has 2 fully saturated rings. The van der Waals surface area contributed by atoms with Crippen molar-refractivity contribution in [1.29, 1.82) is 0 Å². The Labute approximate surface area is 166 Å². The average molecular weight is 392 g/mol. The smallest absolute Gasteiger partial charge is 0.337 e. The van der Waals surface area contributed by atoms with E-state index in [0.717, 1.165) is 31.1 Å². The first-order chi connectivity index (χ1) is 13.5. The van der Waals surface area contributed by atoms with Crippen molar-refractivity contribution in [3.05, 3.63) is 24.0 Å². The molecule has 7 nitrogen and oxygen atoms in total. The lowest BCUT2D eigenvalue weighted by molar-refractivity contribution is -0.162. The van der Waals surface area contributed by atoms with E-state index in [0.29, 0.717) is 24.7 Å². The van der Waals surface area contributed by atoms with Crippen molar-refractivity contribution in [2.45, 2.75) is 63.0 Å². The molecule has 0 aromatic carbocycles. The van der Waals surface area contributed by atoms with E-state index in [-0.39, 0.29) is 13.0 Å². The summed E-state index contributed by atoms with van der Waals surface area (Å²) in [6.07, 6.45) is 9.61. The number of nitrogens with two attached hydrogens (primary N) is 1. The topological polar surface area (TPSA) is 115 Å². The van der Waals surface area contributed by atoms with Gasteiger partial charge < -0.3 is 25.4 Å². The summed E-state index contributed by atoms with van der Waals surface area (Å²) in [5.41, 5.74) is 4.28. The van der Waals surface area contributed by atoms with Crippen LogP contribution in [0.25, 0.3) is 0 Å². The Bertz CT molecular complexity index is 647. The zero-order chi connectivity index (χ0) is 20.0. The summed E-state index contributed by atoms with van der Waals surface area (Å²) >= 11 is 0. The summed E-state index contributed by atoms with van der Waals surface area (Å²) in [4.78, 5) is 15.9. The lowest BCUT2D eigenvalue weighted by Crippen LogP contribution is -2.57. The average Bonchev–Trinajstić information content (AvgIpc) is 3.56. The van der Waals surface area contributed by atoms with Gasteiger partial charge in [0.25, 0.3) is 0 Å². The number of ether oxygens (including phenoxy) is 2. The van der Waals surface area contributed by atoms with Crippen molar-refractivity contribution in [2.24, 2.45) is 17.6 Å². The Morgan fingerprint density at radius 3 is 2.64 bits per heavy atom. The zero-order valence-electron chi connectivity index (χ0n) is 16.4. The van der Waals surface area contributed by atoms with Gasteiger partial charge in [-0.3, -0.25) is 4.98 Å². The van der Waals surface area contributed by atoms with Crippen LogP contribution in [0.5, 0.6) is 5.75 Å².